The molecule has 4 aromatic rings. The Bertz CT molecular complexity index is 1260. The lowest BCUT2D eigenvalue weighted by molar-refractivity contribution is 0.415. The van der Waals surface area contributed by atoms with Gasteiger partial charge in [-0.25, -0.2) is 0 Å². The van der Waals surface area contributed by atoms with E-state index in [-0.39, 0.29) is 0 Å². The first-order chi connectivity index (χ1) is 16.0. The number of hydrogen-bond acceptors (Lipinski definition) is 3. The maximum atomic E-state index is 9.78. The van der Waals surface area contributed by atoms with Gasteiger partial charge in [0.1, 0.15) is 11.5 Å². The maximum absolute atomic E-state index is 9.78. The minimum atomic E-state index is 0.335. The monoisotopic (exact) mass is 516 g/mol. The lowest BCUT2D eigenvalue weighted by atomic mass is 9.95. The average Bonchev–Trinajstić information content (AvgIpc) is 2.85. The molecule has 4 heteroatoms. The number of ether oxygens (including phenoxy) is 1. The van der Waals surface area contributed by atoms with Crippen molar-refractivity contribution in [2.75, 3.05) is 12.9 Å². The molecule has 33 heavy (non-hydrogen) atoms. The van der Waals surface area contributed by atoms with Crippen molar-refractivity contribution in [1.29, 1.82) is 0 Å². The zero-order valence-corrected chi connectivity index (χ0v) is 21.0. The molecule has 0 amide bonds. The second kappa shape index (κ2) is 10.8. The van der Waals surface area contributed by atoms with Crippen LogP contribution in [0.15, 0.2) is 106 Å². The van der Waals surface area contributed by atoms with E-state index in [4.69, 9.17) is 4.74 Å². The van der Waals surface area contributed by atoms with E-state index in [2.05, 4.69) is 82.7 Å². The zero-order chi connectivity index (χ0) is 23.2. The van der Waals surface area contributed by atoms with E-state index in [1.54, 1.807) is 24.9 Å². The van der Waals surface area contributed by atoms with E-state index < -0.39 is 0 Å². The van der Waals surface area contributed by atoms with Crippen LogP contribution in [0.4, 0.5) is 0 Å². The molecule has 0 aliphatic heterocycles. The van der Waals surface area contributed by atoms with Crippen molar-refractivity contribution in [2.45, 2.75) is 11.8 Å². The molecule has 0 radical (unpaired) electrons. The lowest BCUT2D eigenvalue weighted by Crippen LogP contribution is -1.90. The minimum absolute atomic E-state index is 0.335. The van der Waals surface area contributed by atoms with Crippen LogP contribution in [-0.2, 0) is 0 Å². The van der Waals surface area contributed by atoms with Crippen molar-refractivity contribution < 1.29 is 9.84 Å². The first kappa shape index (κ1) is 23.2. The molecule has 0 fully saturated rings. The molecule has 166 valence electrons. The lowest BCUT2D eigenvalue weighted by Gasteiger charge is -2.11. The Balaban J connectivity index is 1.62. The van der Waals surface area contributed by atoms with E-state index in [0.29, 0.717) is 5.75 Å². The van der Waals surface area contributed by atoms with E-state index in [1.165, 1.54) is 16.7 Å². The molecule has 0 unspecified atom stereocenters. The van der Waals surface area contributed by atoms with Crippen LogP contribution in [-0.4, -0.2) is 18.0 Å². The normalized spacial score (nSPS) is 11.4. The predicted molar refractivity (Wildman–Crippen MR) is 143 cm³/mol. The number of aromatic hydroxyl groups is 1. The Morgan fingerprint density at radius 2 is 1.58 bits per heavy atom. The highest BCUT2D eigenvalue weighted by atomic mass is 79.9. The number of rotatable bonds is 7. The molecule has 1 N–H and O–H groups in total. The summed E-state index contributed by atoms with van der Waals surface area (Å²) in [6.07, 6.45) is 2.27. The Labute approximate surface area is 208 Å². The SMILES string of the molecule is COc1cccc(-c2ccc(/C(=C/CSc3ccc(O)c(C)c3)c3ccc(Br)cc3)cc2)c1. The number of halogens is 1. The van der Waals surface area contributed by atoms with Crippen molar-refractivity contribution in [1.82, 2.24) is 0 Å². The fourth-order valence-electron chi connectivity index (χ4n) is 3.62. The Morgan fingerprint density at radius 3 is 2.24 bits per heavy atom. The van der Waals surface area contributed by atoms with Gasteiger partial charge in [0, 0.05) is 15.1 Å². The summed E-state index contributed by atoms with van der Waals surface area (Å²) in [5, 5.41) is 9.78. The number of benzene rings is 4. The number of hydrogen-bond donors (Lipinski definition) is 1. The van der Waals surface area contributed by atoms with Crippen LogP contribution < -0.4 is 4.74 Å². The Morgan fingerprint density at radius 1 is 0.879 bits per heavy atom. The number of phenols is 1. The molecule has 0 saturated heterocycles. The van der Waals surface area contributed by atoms with Crippen molar-refractivity contribution in [3.63, 3.8) is 0 Å². The molecular formula is C29H25BrO2S. The number of aryl methyl sites for hydroxylation is 1. The van der Waals surface area contributed by atoms with Crippen LogP contribution >= 0.6 is 27.7 Å². The van der Waals surface area contributed by atoms with E-state index in [1.807, 2.05) is 31.2 Å². The van der Waals surface area contributed by atoms with Gasteiger partial charge in [0.25, 0.3) is 0 Å². The third-order valence-corrected chi connectivity index (χ3v) is 6.91. The Hall–Kier alpha value is -2.95. The van der Waals surface area contributed by atoms with Gasteiger partial charge in [-0.15, -0.1) is 11.8 Å². The van der Waals surface area contributed by atoms with Gasteiger partial charge in [0.05, 0.1) is 7.11 Å². The van der Waals surface area contributed by atoms with E-state index in [0.717, 1.165) is 37.6 Å². The third-order valence-electron chi connectivity index (χ3n) is 5.46. The number of thioether (sulfide) groups is 1. The number of methoxy groups -OCH3 is 1. The quantitative estimate of drug-likeness (QED) is 0.250. The highest BCUT2D eigenvalue weighted by Gasteiger charge is 2.08. The highest BCUT2D eigenvalue weighted by Crippen LogP contribution is 2.31. The molecular weight excluding hydrogens is 492 g/mol. The van der Waals surface area contributed by atoms with Gasteiger partial charge in [-0.05, 0) is 82.8 Å². The van der Waals surface area contributed by atoms with Gasteiger partial charge < -0.3 is 9.84 Å². The van der Waals surface area contributed by atoms with Crippen molar-refractivity contribution in [2.24, 2.45) is 0 Å². The topological polar surface area (TPSA) is 29.5 Å². The zero-order valence-electron chi connectivity index (χ0n) is 18.6. The molecule has 4 aromatic carbocycles. The van der Waals surface area contributed by atoms with E-state index in [9.17, 15) is 5.11 Å². The molecule has 0 heterocycles. The molecule has 0 atom stereocenters. The summed E-state index contributed by atoms with van der Waals surface area (Å²) in [6.45, 7) is 1.92. The van der Waals surface area contributed by atoms with Gasteiger partial charge >= 0.3 is 0 Å². The smallest absolute Gasteiger partial charge is 0.119 e. The van der Waals surface area contributed by atoms with Crippen LogP contribution in [0.1, 0.15) is 16.7 Å². The minimum Gasteiger partial charge on any atom is -0.508 e. The Kier molecular flexibility index (Phi) is 7.58. The molecule has 0 aliphatic rings. The fourth-order valence-corrected chi connectivity index (χ4v) is 4.75. The summed E-state index contributed by atoms with van der Waals surface area (Å²) in [7, 11) is 1.69. The summed E-state index contributed by atoms with van der Waals surface area (Å²) in [5.74, 6) is 2.02. The second-order valence-electron chi connectivity index (χ2n) is 7.69. The second-order valence-corrected chi connectivity index (χ2v) is 9.70. The first-order valence-electron chi connectivity index (χ1n) is 10.7. The first-order valence-corrected chi connectivity index (χ1v) is 12.4. The fraction of sp³-hybridized carbons (Fsp3) is 0.103. The standard InChI is InChI=1S/C29H25BrO2S/c1-20-18-27(14-15-29(20)31)33-17-16-28(23-10-12-25(30)13-11-23)22-8-6-21(7-9-22)24-4-3-5-26(19-24)32-2/h3-16,18-19,31H,17H2,1-2H3/b28-16-. The summed E-state index contributed by atoms with van der Waals surface area (Å²) in [4.78, 5) is 1.14. The molecule has 4 rings (SSSR count). The van der Waals surface area contributed by atoms with Gasteiger partial charge in [0.2, 0.25) is 0 Å². The summed E-state index contributed by atoms with van der Waals surface area (Å²) in [6, 6.07) is 31.0. The summed E-state index contributed by atoms with van der Waals surface area (Å²) in [5.41, 5.74) is 6.73. The van der Waals surface area contributed by atoms with Gasteiger partial charge in [-0.2, -0.15) is 0 Å². The van der Waals surface area contributed by atoms with Crippen molar-refractivity contribution in [3.05, 3.63) is 118 Å². The van der Waals surface area contributed by atoms with E-state index >= 15 is 0 Å². The van der Waals surface area contributed by atoms with Crippen LogP contribution in [0, 0.1) is 6.92 Å². The third kappa shape index (κ3) is 5.89. The molecule has 0 spiro atoms. The van der Waals surface area contributed by atoms with Gasteiger partial charge in [0.15, 0.2) is 0 Å². The molecule has 0 aliphatic carbocycles. The molecule has 2 nitrogen and oxygen atoms in total. The molecule has 0 aromatic heterocycles. The maximum Gasteiger partial charge on any atom is 0.119 e. The molecule has 0 saturated carbocycles. The van der Waals surface area contributed by atoms with Gasteiger partial charge in [-0.3, -0.25) is 0 Å². The highest BCUT2D eigenvalue weighted by molar-refractivity contribution is 9.10. The molecule has 0 bridgehead atoms. The number of phenolic OH excluding ortho intramolecular Hbond substituents is 1. The van der Waals surface area contributed by atoms with Crippen LogP contribution in [0.5, 0.6) is 11.5 Å². The summed E-state index contributed by atoms with van der Waals surface area (Å²) >= 11 is 5.30. The van der Waals surface area contributed by atoms with Crippen LogP contribution in [0.3, 0.4) is 0 Å². The van der Waals surface area contributed by atoms with Crippen molar-refractivity contribution in [3.8, 4) is 22.6 Å². The predicted octanol–water partition coefficient (Wildman–Crippen LogP) is 8.36. The average molecular weight is 517 g/mol. The largest absolute Gasteiger partial charge is 0.508 e. The van der Waals surface area contributed by atoms with Gasteiger partial charge in [-0.1, -0.05) is 70.5 Å². The van der Waals surface area contributed by atoms with Crippen LogP contribution in [0.25, 0.3) is 16.7 Å². The summed E-state index contributed by atoms with van der Waals surface area (Å²) < 4.78 is 6.43. The van der Waals surface area contributed by atoms with Crippen molar-refractivity contribution >= 4 is 33.3 Å². The van der Waals surface area contributed by atoms with Crippen LogP contribution in [0.2, 0.25) is 0 Å².